The maximum Gasteiger partial charge on any atom is 0.225 e. The number of carbonyl (C=O) groups is 1. The molecule has 0 unspecified atom stereocenters. The minimum absolute atomic E-state index is 0.0372. The van der Waals surface area contributed by atoms with Crippen LogP contribution in [0.3, 0.4) is 0 Å². The van der Waals surface area contributed by atoms with Crippen LogP contribution in [0.25, 0.3) is 10.2 Å². The lowest BCUT2D eigenvalue weighted by Crippen LogP contribution is -2.12. The lowest BCUT2D eigenvalue weighted by atomic mass is 10.2. The molecule has 0 spiro atoms. The number of hydrogen-bond donors (Lipinski definition) is 1. The van der Waals surface area contributed by atoms with Crippen LogP contribution in [0, 0.1) is 0 Å². The third kappa shape index (κ3) is 4.68. The molecule has 0 radical (unpaired) electrons. The molecule has 1 amide bonds. The Bertz CT molecular complexity index is 862. The summed E-state index contributed by atoms with van der Waals surface area (Å²) in [5, 5.41) is 2.89. The maximum atomic E-state index is 12.2. The number of thiazole rings is 1. The molecule has 0 fully saturated rings. The van der Waals surface area contributed by atoms with E-state index in [1.807, 2.05) is 31.2 Å². The minimum atomic E-state index is -0.0372. The van der Waals surface area contributed by atoms with Gasteiger partial charge in [0.05, 0.1) is 23.9 Å². The number of hydrogen-bond acceptors (Lipinski definition) is 6. The van der Waals surface area contributed by atoms with E-state index in [-0.39, 0.29) is 5.91 Å². The van der Waals surface area contributed by atoms with E-state index >= 15 is 0 Å². The van der Waals surface area contributed by atoms with Crippen molar-refractivity contribution in [3.8, 4) is 11.5 Å². The molecule has 3 aromatic rings. The highest BCUT2D eigenvalue weighted by molar-refractivity contribution is 8.01. The van der Waals surface area contributed by atoms with Crippen LogP contribution in [0.2, 0.25) is 0 Å². The quantitative estimate of drug-likeness (QED) is 0.560. The van der Waals surface area contributed by atoms with E-state index in [1.165, 1.54) is 4.70 Å². The summed E-state index contributed by atoms with van der Waals surface area (Å²) in [6.07, 6.45) is 0.413. The molecule has 0 aliphatic carbocycles. The second-order valence-electron chi connectivity index (χ2n) is 5.39. The predicted molar refractivity (Wildman–Crippen MR) is 108 cm³/mol. The van der Waals surface area contributed by atoms with Crippen LogP contribution in [0.5, 0.6) is 11.5 Å². The van der Waals surface area contributed by atoms with Crippen LogP contribution < -0.4 is 14.8 Å². The van der Waals surface area contributed by atoms with E-state index in [2.05, 4.69) is 16.4 Å². The van der Waals surface area contributed by atoms with Crippen LogP contribution in [0.15, 0.2) is 46.8 Å². The number of para-hydroxylation sites is 1. The van der Waals surface area contributed by atoms with Gasteiger partial charge in [0.2, 0.25) is 5.91 Å². The van der Waals surface area contributed by atoms with Gasteiger partial charge in [-0.3, -0.25) is 4.79 Å². The Labute approximate surface area is 160 Å². The zero-order valence-corrected chi connectivity index (χ0v) is 16.3. The summed E-state index contributed by atoms with van der Waals surface area (Å²) in [7, 11) is 1.58. The number of thioether (sulfide) groups is 1. The van der Waals surface area contributed by atoms with Crippen LogP contribution in [0.1, 0.15) is 13.3 Å². The number of rotatable bonds is 8. The summed E-state index contributed by atoms with van der Waals surface area (Å²) >= 11 is 3.26. The van der Waals surface area contributed by atoms with Crippen molar-refractivity contribution in [1.82, 2.24) is 4.98 Å². The zero-order valence-electron chi connectivity index (χ0n) is 14.7. The van der Waals surface area contributed by atoms with Crippen molar-refractivity contribution < 1.29 is 14.3 Å². The molecule has 136 valence electrons. The van der Waals surface area contributed by atoms with Gasteiger partial charge in [-0.2, -0.15) is 0 Å². The van der Waals surface area contributed by atoms with Crippen LogP contribution >= 0.6 is 23.1 Å². The molecular weight excluding hydrogens is 368 g/mol. The Morgan fingerprint density at radius 3 is 2.85 bits per heavy atom. The number of carbonyl (C=O) groups excluding carboxylic acids is 1. The molecule has 0 aliphatic heterocycles. The van der Waals surface area contributed by atoms with Crippen molar-refractivity contribution >= 4 is 44.9 Å². The first-order valence-corrected chi connectivity index (χ1v) is 10.1. The summed E-state index contributed by atoms with van der Waals surface area (Å²) in [6, 6.07) is 13.4. The molecule has 3 rings (SSSR count). The number of ether oxygens (including phenoxy) is 2. The van der Waals surface area contributed by atoms with E-state index in [0.29, 0.717) is 36.0 Å². The zero-order chi connectivity index (χ0) is 18.4. The molecule has 1 N–H and O–H groups in total. The third-order valence-corrected chi connectivity index (χ3v) is 5.76. The average molecular weight is 389 g/mol. The molecule has 0 saturated carbocycles. The van der Waals surface area contributed by atoms with E-state index in [4.69, 9.17) is 9.47 Å². The van der Waals surface area contributed by atoms with Crippen molar-refractivity contribution in [2.75, 3.05) is 24.8 Å². The summed E-state index contributed by atoms with van der Waals surface area (Å²) in [5.41, 5.74) is 1.70. The van der Waals surface area contributed by atoms with Gasteiger partial charge in [0.1, 0.15) is 0 Å². The van der Waals surface area contributed by atoms with Gasteiger partial charge < -0.3 is 14.8 Å². The fourth-order valence-corrected chi connectivity index (χ4v) is 4.46. The number of benzene rings is 2. The van der Waals surface area contributed by atoms with Crippen LogP contribution in [-0.4, -0.2) is 30.4 Å². The van der Waals surface area contributed by atoms with Crippen LogP contribution in [-0.2, 0) is 4.79 Å². The Morgan fingerprint density at radius 2 is 2.08 bits per heavy atom. The van der Waals surface area contributed by atoms with E-state index in [1.54, 1.807) is 42.3 Å². The van der Waals surface area contributed by atoms with E-state index < -0.39 is 0 Å². The van der Waals surface area contributed by atoms with Gasteiger partial charge in [0.25, 0.3) is 0 Å². The standard InChI is InChI=1S/C19H20N2O3S2/c1-3-24-15-9-8-13(12-16(15)23-2)20-18(22)10-11-25-19-21-14-6-4-5-7-17(14)26-19/h4-9,12H,3,10-11H2,1-2H3,(H,20,22). The Morgan fingerprint density at radius 1 is 1.23 bits per heavy atom. The van der Waals surface area contributed by atoms with Gasteiger partial charge in [-0.25, -0.2) is 4.98 Å². The van der Waals surface area contributed by atoms with Gasteiger partial charge in [-0.1, -0.05) is 23.9 Å². The predicted octanol–water partition coefficient (Wildman–Crippen LogP) is 4.82. The summed E-state index contributed by atoms with van der Waals surface area (Å²) in [5.74, 6) is 1.91. The highest BCUT2D eigenvalue weighted by atomic mass is 32.2. The normalized spacial score (nSPS) is 10.7. The lowest BCUT2D eigenvalue weighted by Gasteiger charge is -2.11. The number of fused-ring (bicyclic) bond motifs is 1. The topological polar surface area (TPSA) is 60.5 Å². The molecule has 0 bridgehead atoms. The molecule has 1 aromatic heterocycles. The number of methoxy groups -OCH3 is 1. The lowest BCUT2D eigenvalue weighted by molar-refractivity contribution is -0.115. The molecule has 26 heavy (non-hydrogen) atoms. The highest BCUT2D eigenvalue weighted by Gasteiger charge is 2.09. The van der Waals surface area contributed by atoms with Gasteiger partial charge in [0, 0.05) is 23.9 Å². The smallest absolute Gasteiger partial charge is 0.225 e. The highest BCUT2D eigenvalue weighted by Crippen LogP contribution is 2.31. The monoisotopic (exact) mass is 388 g/mol. The Balaban J connectivity index is 1.52. The molecule has 7 heteroatoms. The largest absolute Gasteiger partial charge is 0.493 e. The van der Waals surface area contributed by atoms with Crippen molar-refractivity contribution in [3.05, 3.63) is 42.5 Å². The fourth-order valence-electron chi connectivity index (χ4n) is 2.39. The molecule has 5 nitrogen and oxygen atoms in total. The van der Waals surface area contributed by atoms with E-state index in [0.717, 1.165) is 9.86 Å². The van der Waals surface area contributed by atoms with Gasteiger partial charge >= 0.3 is 0 Å². The second-order valence-corrected chi connectivity index (χ2v) is 7.77. The minimum Gasteiger partial charge on any atom is -0.493 e. The van der Waals surface area contributed by atoms with Crippen molar-refractivity contribution in [2.24, 2.45) is 0 Å². The number of aromatic nitrogens is 1. The van der Waals surface area contributed by atoms with Crippen LogP contribution in [0.4, 0.5) is 5.69 Å². The first-order chi connectivity index (χ1) is 12.7. The maximum absolute atomic E-state index is 12.2. The van der Waals surface area contributed by atoms with Crippen molar-refractivity contribution in [2.45, 2.75) is 17.7 Å². The fraction of sp³-hybridized carbons (Fsp3) is 0.263. The molecule has 0 saturated heterocycles. The molecule has 0 aliphatic rings. The average Bonchev–Trinajstić information content (AvgIpc) is 3.06. The molecule has 2 aromatic carbocycles. The van der Waals surface area contributed by atoms with Gasteiger partial charge in [0.15, 0.2) is 15.8 Å². The molecule has 1 heterocycles. The Hall–Kier alpha value is -2.25. The number of anilines is 1. The van der Waals surface area contributed by atoms with Crippen molar-refractivity contribution in [1.29, 1.82) is 0 Å². The van der Waals surface area contributed by atoms with Gasteiger partial charge in [-0.05, 0) is 31.2 Å². The van der Waals surface area contributed by atoms with Gasteiger partial charge in [-0.15, -0.1) is 11.3 Å². The van der Waals surface area contributed by atoms with Crippen molar-refractivity contribution in [3.63, 3.8) is 0 Å². The third-order valence-electron chi connectivity index (χ3n) is 3.58. The first kappa shape index (κ1) is 18.5. The molecular formula is C19H20N2O3S2. The summed E-state index contributed by atoms with van der Waals surface area (Å²) in [6.45, 7) is 2.48. The number of nitrogens with zero attached hydrogens (tertiary/aromatic N) is 1. The molecule has 0 atom stereocenters. The summed E-state index contributed by atoms with van der Waals surface area (Å²) in [4.78, 5) is 16.7. The number of amides is 1. The van der Waals surface area contributed by atoms with E-state index in [9.17, 15) is 4.79 Å². The first-order valence-electron chi connectivity index (χ1n) is 8.28. The SMILES string of the molecule is CCOc1ccc(NC(=O)CCSc2nc3ccccc3s2)cc1OC. The Kier molecular flexibility index (Phi) is 6.35. The summed E-state index contributed by atoms with van der Waals surface area (Å²) < 4.78 is 12.9. The second kappa shape index (κ2) is 8.91. The number of nitrogens with one attached hydrogen (secondary N) is 1.